The Hall–Kier alpha value is -5.06. The maximum atomic E-state index is 14.3. The zero-order chi connectivity index (χ0) is 29.5. The summed E-state index contributed by atoms with van der Waals surface area (Å²) in [6.45, 7) is 2.02. The molecule has 5 aromatic carbocycles. The van der Waals surface area contributed by atoms with Crippen LogP contribution in [0, 0.1) is 0 Å². The molecule has 0 fully saturated rings. The number of tetrazole rings is 1. The van der Waals surface area contributed by atoms with Crippen LogP contribution in [0.2, 0.25) is 0 Å². The largest absolute Gasteiger partial charge is 0.612 e. The van der Waals surface area contributed by atoms with Crippen LogP contribution in [-0.4, -0.2) is 26.8 Å². The first-order chi connectivity index (χ1) is 21.2. The Morgan fingerprint density at radius 2 is 1.12 bits per heavy atom. The lowest BCUT2D eigenvalue weighted by Gasteiger charge is -2.37. The molecule has 1 atom stereocenters. The third-order valence-electron chi connectivity index (χ3n) is 7.40. The Labute approximate surface area is 252 Å². The van der Waals surface area contributed by atoms with E-state index in [0.29, 0.717) is 11.5 Å². The van der Waals surface area contributed by atoms with Gasteiger partial charge < -0.3 is 9.84 Å². The maximum Gasteiger partial charge on any atom is 0.205 e. The summed E-state index contributed by atoms with van der Waals surface area (Å²) in [5, 5.41) is 31.3. The van der Waals surface area contributed by atoms with E-state index in [0.717, 1.165) is 27.0 Å². The third-order valence-corrected chi connectivity index (χ3v) is 12.1. The van der Waals surface area contributed by atoms with Gasteiger partial charge in [0.05, 0.1) is 5.95 Å². The summed E-state index contributed by atoms with van der Waals surface area (Å²) in [7, 11) is -2.71. The quantitative estimate of drug-likeness (QED) is 0.155. The highest BCUT2D eigenvalue weighted by molar-refractivity contribution is 7.96. The first kappa shape index (κ1) is 28.1. The second-order valence-electron chi connectivity index (χ2n) is 9.92. The SMILES string of the molecule is CCO/C([O-])=C(/C(c1ccccc1)[P+](c1ccccc1)(c1ccccc1)c1ccccc1)n1nnc(-c2ccccc2)n1. The van der Waals surface area contributed by atoms with Crippen LogP contribution in [0.1, 0.15) is 18.1 Å². The number of hydrogen-bond donors (Lipinski definition) is 0. The van der Waals surface area contributed by atoms with Crippen molar-refractivity contribution in [1.29, 1.82) is 0 Å². The van der Waals surface area contributed by atoms with Crippen molar-refractivity contribution < 1.29 is 9.84 Å². The Morgan fingerprint density at radius 3 is 1.58 bits per heavy atom. The summed E-state index contributed by atoms with van der Waals surface area (Å²) in [4.78, 5) is 1.39. The zero-order valence-electron chi connectivity index (χ0n) is 23.8. The number of allylic oxidation sites excluding steroid dienone is 1. The number of ether oxygens (including phenoxy) is 1. The van der Waals surface area contributed by atoms with Crippen molar-refractivity contribution in [3.05, 3.63) is 163 Å². The number of aromatic nitrogens is 4. The number of nitrogens with zero attached hydrogens (tertiary/aromatic N) is 4. The van der Waals surface area contributed by atoms with Crippen molar-refractivity contribution in [1.82, 2.24) is 20.2 Å². The van der Waals surface area contributed by atoms with E-state index in [1.807, 2.05) is 73.7 Å². The number of rotatable bonds is 10. The van der Waals surface area contributed by atoms with E-state index >= 15 is 0 Å². The molecule has 1 heterocycles. The van der Waals surface area contributed by atoms with Gasteiger partial charge in [0.1, 0.15) is 28.9 Å². The molecule has 7 heteroatoms. The maximum absolute atomic E-state index is 14.3. The molecule has 0 radical (unpaired) electrons. The predicted molar refractivity (Wildman–Crippen MR) is 172 cm³/mol. The predicted octanol–water partition coefficient (Wildman–Crippen LogP) is 5.60. The van der Waals surface area contributed by atoms with Crippen LogP contribution in [-0.2, 0) is 4.74 Å². The average Bonchev–Trinajstić information content (AvgIpc) is 3.57. The zero-order valence-corrected chi connectivity index (χ0v) is 24.7. The number of hydrogen-bond acceptors (Lipinski definition) is 5. The highest BCUT2D eigenvalue weighted by atomic mass is 31.2. The van der Waals surface area contributed by atoms with Gasteiger partial charge in [-0.2, -0.15) is 0 Å². The Bertz CT molecular complexity index is 1680. The van der Waals surface area contributed by atoms with Crippen LogP contribution in [0.25, 0.3) is 17.1 Å². The molecule has 1 aromatic heterocycles. The van der Waals surface area contributed by atoms with Crippen molar-refractivity contribution in [2.45, 2.75) is 12.6 Å². The molecule has 1 unspecified atom stereocenters. The second kappa shape index (κ2) is 12.8. The molecule has 0 aliphatic heterocycles. The van der Waals surface area contributed by atoms with E-state index in [9.17, 15) is 5.11 Å². The first-order valence-electron chi connectivity index (χ1n) is 14.2. The summed E-state index contributed by atoms with van der Waals surface area (Å²) in [6.07, 6.45) is 0. The van der Waals surface area contributed by atoms with E-state index in [2.05, 4.69) is 95.2 Å². The van der Waals surface area contributed by atoms with Crippen molar-refractivity contribution in [2.24, 2.45) is 0 Å². The summed E-state index contributed by atoms with van der Waals surface area (Å²) in [5.74, 6) is -0.0576. The van der Waals surface area contributed by atoms with Crippen LogP contribution in [0.3, 0.4) is 0 Å². The van der Waals surface area contributed by atoms with E-state index < -0.39 is 18.9 Å². The van der Waals surface area contributed by atoms with Crippen LogP contribution >= 0.6 is 7.26 Å². The highest BCUT2D eigenvalue weighted by Crippen LogP contribution is 2.70. The fourth-order valence-corrected chi connectivity index (χ4v) is 10.5. The molecule has 0 saturated carbocycles. The molecule has 0 aliphatic carbocycles. The van der Waals surface area contributed by atoms with Gasteiger partial charge in [-0.1, -0.05) is 122 Å². The van der Waals surface area contributed by atoms with Gasteiger partial charge in [-0.3, -0.25) is 0 Å². The Morgan fingerprint density at radius 1 is 0.674 bits per heavy atom. The van der Waals surface area contributed by atoms with E-state index in [1.54, 1.807) is 0 Å². The lowest BCUT2D eigenvalue weighted by atomic mass is 10.1. The van der Waals surface area contributed by atoms with Gasteiger partial charge in [-0.25, -0.2) is 0 Å². The van der Waals surface area contributed by atoms with Crippen LogP contribution < -0.4 is 21.0 Å². The van der Waals surface area contributed by atoms with E-state index in [1.165, 1.54) is 4.80 Å². The van der Waals surface area contributed by atoms with Crippen molar-refractivity contribution in [3.8, 4) is 11.4 Å². The van der Waals surface area contributed by atoms with Crippen molar-refractivity contribution in [3.63, 3.8) is 0 Å². The fraction of sp³-hybridized carbons (Fsp3) is 0.0833. The summed E-state index contributed by atoms with van der Waals surface area (Å²) >= 11 is 0. The molecule has 0 spiro atoms. The van der Waals surface area contributed by atoms with E-state index in [-0.39, 0.29) is 6.61 Å². The third kappa shape index (κ3) is 5.45. The minimum Gasteiger partial charge on any atom is -0.612 e. The van der Waals surface area contributed by atoms with Gasteiger partial charge in [-0.15, -0.1) is 15.0 Å². The van der Waals surface area contributed by atoms with Crippen LogP contribution in [0.5, 0.6) is 0 Å². The Balaban J connectivity index is 1.74. The minimum absolute atomic E-state index is 0.206. The van der Waals surface area contributed by atoms with Crippen molar-refractivity contribution in [2.75, 3.05) is 6.61 Å². The lowest BCUT2D eigenvalue weighted by Crippen LogP contribution is -2.37. The first-order valence-corrected chi connectivity index (χ1v) is 16.1. The van der Waals surface area contributed by atoms with Gasteiger partial charge in [0.2, 0.25) is 5.82 Å². The van der Waals surface area contributed by atoms with Gasteiger partial charge in [0.25, 0.3) is 0 Å². The molecule has 212 valence electrons. The smallest absolute Gasteiger partial charge is 0.205 e. The lowest BCUT2D eigenvalue weighted by molar-refractivity contribution is -0.355. The summed E-state index contributed by atoms with van der Waals surface area (Å²) in [6, 6.07) is 51.2. The van der Waals surface area contributed by atoms with Gasteiger partial charge in [0, 0.05) is 5.56 Å². The van der Waals surface area contributed by atoms with E-state index in [4.69, 9.17) is 9.84 Å². The molecular formula is C36H31N4O2P. The standard InChI is InChI=1S/C36H31N4O2P/c1-2-42-36(41)33(40-38-35(37-39-40)29-20-10-4-11-21-29)34(28-18-8-3-9-19-28)43(30-22-12-5-13-23-30,31-24-14-6-15-25-31)32-26-16-7-17-27-32/h3-27,34H,2H2,1H3/b36-33-. The van der Waals surface area contributed by atoms with Gasteiger partial charge in [-0.05, 0) is 53.8 Å². The van der Waals surface area contributed by atoms with Crippen molar-refractivity contribution >= 4 is 28.9 Å². The molecule has 6 rings (SSSR count). The fourth-order valence-electron chi connectivity index (χ4n) is 5.61. The minimum atomic E-state index is -2.71. The molecule has 0 aliphatic rings. The monoisotopic (exact) mass is 582 g/mol. The van der Waals surface area contributed by atoms with Crippen LogP contribution in [0.4, 0.5) is 0 Å². The second-order valence-corrected chi connectivity index (χ2v) is 13.4. The molecule has 6 aromatic rings. The average molecular weight is 583 g/mol. The molecule has 0 saturated heterocycles. The summed E-state index contributed by atoms with van der Waals surface area (Å²) < 4.78 is 5.79. The van der Waals surface area contributed by atoms with Gasteiger partial charge >= 0.3 is 0 Å². The molecule has 43 heavy (non-hydrogen) atoms. The highest BCUT2D eigenvalue weighted by Gasteiger charge is 2.56. The molecule has 0 amide bonds. The summed E-state index contributed by atoms with van der Waals surface area (Å²) in [5.41, 5.74) is 1.56. The Kier molecular flexibility index (Phi) is 8.39. The normalized spacial score (nSPS) is 12.8. The molecule has 6 nitrogen and oxygen atoms in total. The molecular weight excluding hydrogens is 551 g/mol. The number of benzene rings is 5. The molecule has 0 N–H and O–H groups in total. The van der Waals surface area contributed by atoms with Crippen LogP contribution in [0.15, 0.2) is 158 Å². The topological polar surface area (TPSA) is 75.9 Å². The molecule has 0 bridgehead atoms. The van der Waals surface area contributed by atoms with Gasteiger partial charge in [0.15, 0.2) is 5.66 Å².